The van der Waals surface area contributed by atoms with Gasteiger partial charge < -0.3 is 4.79 Å². The van der Waals surface area contributed by atoms with Crippen molar-refractivity contribution in [2.24, 2.45) is 0 Å². The van der Waals surface area contributed by atoms with E-state index in [-0.39, 0.29) is 37.7 Å². The molecule has 0 rings (SSSR count). The van der Waals surface area contributed by atoms with Crippen molar-refractivity contribution in [2.45, 2.75) is 110 Å². The standard InChI is InChI=1S/C18H36O.Ca.2H/c1-2-3-4-5-6-7-8-9-10-11-12-13-14-15-16-17-18-19;;;/h18H,2-17H2,1H3;;;. The molecule has 1 nitrogen and oxygen atoms in total. The number of carbonyl (C=O) groups excluding carboxylic acids is 1. The second kappa shape index (κ2) is 22.2. The van der Waals surface area contributed by atoms with Gasteiger partial charge in [0.2, 0.25) is 0 Å². The van der Waals surface area contributed by atoms with Crippen molar-refractivity contribution < 1.29 is 4.79 Å². The summed E-state index contributed by atoms with van der Waals surface area (Å²) in [6.45, 7) is 2.28. The normalized spacial score (nSPS) is 10.2. The number of aldehydes is 1. The Morgan fingerprint density at radius 2 is 0.850 bits per heavy atom. The molecule has 0 aromatic heterocycles. The zero-order valence-electron chi connectivity index (χ0n) is 13.3. The van der Waals surface area contributed by atoms with Gasteiger partial charge in [0.1, 0.15) is 6.29 Å². The van der Waals surface area contributed by atoms with Crippen LogP contribution in [0.5, 0.6) is 0 Å². The summed E-state index contributed by atoms with van der Waals surface area (Å²) in [4.78, 5) is 10.1. The number of unbranched alkanes of at least 4 members (excludes halogenated alkanes) is 15. The molecule has 0 amide bonds. The summed E-state index contributed by atoms with van der Waals surface area (Å²) in [5.74, 6) is 0. The molecule has 20 heavy (non-hydrogen) atoms. The molecular weight excluding hydrogens is 272 g/mol. The zero-order valence-corrected chi connectivity index (χ0v) is 13.3. The SMILES string of the molecule is CCCCCCCCCCCCCCCCCC=O.[CaH2]. The van der Waals surface area contributed by atoms with Crippen molar-refractivity contribution in [2.75, 3.05) is 0 Å². The summed E-state index contributed by atoms with van der Waals surface area (Å²) in [5, 5.41) is 0. The van der Waals surface area contributed by atoms with Crippen LogP contribution in [0.15, 0.2) is 0 Å². The van der Waals surface area contributed by atoms with Crippen LogP contribution in [-0.2, 0) is 4.79 Å². The van der Waals surface area contributed by atoms with Gasteiger partial charge in [-0.15, -0.1) is 0 Å². The van der Waals surface area contributed by atoms with Crippen LogP contribution in [0, 0.1) is 0 Å². The molecule has 0 aliphatic carbocycles. The number of hydrogen-bond acceptors (Lipinski definition) is 1. The molecule has 118 valence electrons. The average Bonchev–Trinajstić information content (AvgIpc) is 2.43. The van der Waals surface area contributed by atoms with Crippen LogP contribution >= 0.6 is 0 Å². The molecule has 0 aliphatic heterocycles. The Hall–Kier alpha value is 0.930. The molecule has 0 bridgehead atoms. The van der Waals surface area contributed by atoms with Crippen molar-refractivity contribution in [3.05, 3.63) is 0 Å². The minimum atomic E-state index is 0. The first-order valence-corrected chi connectivity index (χ1v) is 8.85. The van der Waals surface area contributed by atoms with Crippen LogP contribution in [0.25, 0.3) is 0 Å². The van der Waals surface area contributed by atoms with Crippen LogP contribution in [0.1, 0.15) is 110 Å². The second-order valence-electron chi connectivity index (χ2n) is 5.91. The van der Waals surface area contributed by atoms with Gasteiger partial charge in [-0.3, -0.25) is 0 Å². The fraction of sp³-hybridized carbons (Fsp3) is 0.944. The van der Waals surface area contributed by atoms with Crippen LogP contribution < -0.4 is 0 Å². The van der Waals surface area contributed by atoms with E-state index in [1.807, 2.05) is 0 Å². The van der Waals surface area contributed by atoms with Gasteiger partial charge in [0.05, 0.1) is 0 Å². The fourth-order valence-corrected chi connectivity index (χ4v) is 2.60. The summed E-state index contributed by atoms with van der Waals surface area (Å²) < 4.78 is 0. The molecule has 0 atom stereocenters. The molecule has 2 heteroatoms. The Balaban J connectivity index is 0. The fourth-order valence-electron chi connectivity index (χ4n) is 2.60. The Labute approximate surface area is 157 Å². The van der Waals surface area contributed by atoms with E-state index in [0.717, 1.165) is 19.1 Å². The van der Waals surface area contributed by atoms with E-state index in [9.17, 15) is 4.79 Å². The van der Waals surface area contributed by atoms with Gasteiger partial charge in [-0.1, -0.05) is 96.8 Å². The third-order valence-electron chi connectivity index (χ3n) is 3.93. The van der Waals surface area contributed by atoms with Crippen LogP contribution in [0.3, 0.4) is 0 Å². The summed E-state index contributed by atoms with van der Waals surface area (Å²) >= 11 is 0. The van der Waals surface area contributed by atoms with Crippen LogP contribution in [0.4, 0.5) is 0 Å². The second-order valence-corrected chi connectivity index (χ2v) is 5.91. The Kier molecular flexibility index (Phi) is 25.8. The van der Waals surface area contributed by atoms with Gasteiger partial charge in [-0.2, -0.15) is 0 Å². The predicted molar refractivity (Wildman–Crippen MR) is 94.2 cm³/mol. The number of hydrogen-bond donors (Lipinski definition) is 0. The Bertz CT molecular complexity index is 171. The van der Waals surface area contributed by atoms with E-state index in [0.29, 0.717) is 0 Å². The molecule has 0 aromatic rings. The van der Waals surface area contributed by atoms with E-state index in [1.165, 1.54) is 89.9 Å². The maximum absolute atomic E-state index is 10.1. The van der Waals surface area contributed by atoms with Crippen molar-refractivity contribution in [3.8, 4) is 0 Å². The first-order chi connectivity index (χ1) is 9.41. The quantitative estimate of drug-likeness (QED) is 0.208. The Morgan fingerprint density at radius 3 is 1.15 bits per heavy atom. The Morgan fingerprint density at radius 1 is 0.550 bits per heavy atom. The molecule has 0 fully saturated rings. The molecule has 0 aliphatic rings. The van der Waals surface area contributed by atoms with E-state index in [4.69, 9.17) is 0 Å². The molecule has 0 saturated heterocycles. The predicted octanol–water partition coefficient (Wildman–Crippen LogP) is 5.53. The van der Waals surface area contributed by atoms with Gasteiger partial charge in [0, 0.05) is 6.42 Å². The summed E-state index contributed by atoms with van der Waals surface area (Å²) in [6.07, 6.45) is 22.6. The summed E-state index contributed by atoms with van der Waals surface area (Å²) in [5.41, 5.74) is 0. The molecule has 0 radical (unpaired) electrons. The minimum absolute atomic E-state index is 0. The first kappa shape index (κ1) is 23.2. The van der Waals surface area contributed by atoms with Crippen LogP contribution in [0.2, 0.25) is 0 Å². The third kappa shape index (κ3) is 21.2. The van der Waals surface area contributed by atoms with E-state index < -0.39 is 0 Å². The molecule has 0 spiro atoms. The first-order valence-electron chi connectivity index (χ1n) is 8.85. The molecule has 0 heterocycles. The zero-order chi connectivity index (χ0) is 14.0. The molecule has 0 unspecified atom stereocenters. The van der Waals surface area contributed by atoms with Crippen molar-refractivity contribution >= 4 is 44.0 Å². The summed E-state index contributed by atoms with van der Waals surface area (Å²) in [6, 6.07) is 0. The molecule has 0 saturated carbocycles. The molecular formula is C18H38CaO. The van der Waals surface area contributed by atoms with Gasteiger partial charge >= 0.3 is 37.7 Å². The topological polar surface area (TPSA) is 17.1 Å². The monoisotopic (exact) mass is 310 g/mol. The average molecular weight is 311 g/mol. The number of rotatable bonds is 16. The van der Waals surface area contributed by atoms with E-state index in [1.54, 1.807) is 0 Å². The van der Waals surface area contributed by atoms with E-state index in [2.05, 4.69) is 6.92 Å². The van der Waals surface area contributed by atoms with Crippen molar-refractivity contribution in [3.63, 3.8) is 0 Å². The number of carbonyl (C=O) groups is 1. The van der Waals surface area contributed by atoms with Crippen molar-refractivity contribution in [1.29, 1.82) is 0 Å². The summed E-state index contributed by atoms with van der Waals surface area (Å²) in [7, 11) is 0. The third-order valence-corrected chi connectivity index (χ3v) is 3.93. The van der Waals surface area contributed by atoms with Gasteiger partial charge in [-0.05, 0) is 6.42 Å². The van der Waals surface area contributed by atoms with E-state index >= 15 is 0 Å². The molecule has 0 N–H and O–H groups in total. The van der Waals surface area contributed by atoms with Crippen molar-refractivity contribution in [1.82, 2.24) is 0 Å². The van der Waals surface area contributed by atoms with Crippen LogP contribution in [-0.4, -0.2) is 44.0 Å². The van der Waals surface area contributed by atoms with Gasteiger partial charge in [0.15, 0.2) is 0 Å². The maximum atomic E-state index is 10.1. The van der Waals surface area contributed by atoms with Gasteiger partial charge in [-0.25, -0.2) is 0 Å². The molecule has 0 aromatic carbocycles. The van der Waals surface area contributed by atoms with Gasteiger partial charge in [0.25, 0.3) is 0 Å².